The number of esters is 1. The van der Waals surface area contributed by atoms with Crippen LogP contribution in [0, 0.1) is 0 Å². The second kappa shape index (κ2) is 5.25. The van der Waals surface area contributed by atoms with Gasteiger partial charge in [-0.2, -0.15) is 0 Å². The minimum Gasteiger partial charge on any atom is -0.465 e. The van der Waals surface area contributed by atoms with Crippen LogP contribution >= 0.6 is 0 Å². The maximum absolute atomic E-state index is 12.4. The lowest BCUT2D eigenvalue weighted by Crippen LogP contribution is -2.37. The Labute approximate surface area is 117 Å². The summed E-state index contributed by atoms with van der Waals surface area (Å²) in [6.07, 6.45) is 2.20. The van der Waals surface area contributed by atoms with Crippen molar-refractivity contribution in [3.8, 4) is 0 Å². The molecule has 3 rings (SSSR count). The maximum atomic E-state index is 12.4. The molecular formula is C15H17NO4. The molecule has 106 valence electrons. The molecular weight excluding hydrogens is 258 g/mol. The van der Waals surface area contributed by atoms with E-state index in [1.165, 1.54) is 7.11 Å². The van der Waals surface area contributed by atoms with Gasteiger partial charge in [0, 0.05) is 18.8 Å². The van der Waals surface area contributed by atoms with Crippen LogP contribution in [-0.4, -0.2) is 38.2 Å². The highest BCUT2D eigenvalue weighted by Gasteiger charge is 2.32. The van der Waals surface area contributed by atoms with Gasteiger partial charge in [-0.25, -0.2) is 4.79 Å². The minimum atomic E-state index is -0.350. The SMILES string of the molecule is COC(=O)c1ccc2c(c1)CCN2C(=O)C1CCCO1. The largest absolute Gasteiger partial charge is 0.465 e. The third-order valence-electron chi connectivity index (χ3n) is 3.87. The van der Waals surface area contributed by atoms with Crippen molar-refractivity contribution in [1.29, 1.82) is 0 Å². The average Bonchev–Trinajstić information content (AvgIpc) is 3.14. The standard InChI is InChI=1S/C15H17NO4/c1-19-15(18)11-4-5-12-10(9-11)6-7-16(12)14(17)13-3-2-8-20-13/h4-5,9,13H,2-3,6-8H2,1H3. The van der Waals surface area contributed by atoms with E-state index in [0.717, 1.165) is 30.5 Å². The first-order valence-corrected chi connectivity index (χ1v) is 6.85. The van der Waals surface area contributed by atoms with E-state index < -0.39 is 0 Å². The van der Waals surface area contributed by atoms with E-state index in [4.69, 9.17) is 9.47 Å². The maximum Gasteiger partial charge on any atom is 0.337 e. The molecule has 0 spiro atoms. The zero-order valence-corrected chi connectivity index (χ0v) is 11.4. The summed E-state index contributed by atoms with van der Waals surface area (Å²) in [6, 6.07) is 5.33. The minimum absolute atomic E-state index is 0.0343. The van der Waals surface area contributed by atoms with Crippen molar-refractivity contribution >= 4 is 17.6 Å². The van der Waals surface area contributed by atoms with Crippen molar-refractivity contribution in [3.05, 3.63) is 29.3 Å². The molecule has 1 saturated heterocycles. The molecule has 1 amide bonds. The highest BCUT2D eigenvalue weighted by Crippen LogP contribution is 2.31. The molecule has 0 N–H and O–H groups in total. The van der Waals surface area contributed by atoms with E-state index in [1.807, 2.05) is 12.1 Å². The van der Waals surface area contributed by atoms with Crippen molar-refractivity contribution in [2.45, 2.75) is 25.4 Å². The number of amides is 1. The third kappa shape index (κ3) is 2.18. The number of fused-ring (bicyclic) bond motifs is 1. The van der Waals surface area contributed by atoms with Gasteiger partial charge in [-0.15, -0.1) is 0 Å². The van der Waals surface area contributed by atoms with E-state index in [1.54, 1.807) is 11.0 Å². The Morgan fingerprint density at radius 1 is 1.40 bits per heavy atom. The Morgan fingerprint density at radius 2 is 2.25 bits per heavy atom. The second-order valence-corrected chi connectivity index (χ2v) is 5.08. The van der Waals surface area contributed by atoms with Gasteiger partial charge >= 0.3 is 5.97 Å². The van der Waals surface area contributed by atoms with E-state index in [0.29, 0.717) is 18.7 Å². The number of carbonyl (C=O) groups excluding carboxylic acids is 2. The van der Waals surface area contributed by atoms with Crippen molar-refractivity contribution in [2.24, 2.45) is 0 Å². The average molecular weight is 275 g/mol. The van der Waals surface area contributed by atoms with E-state index in [-0.39, 0.29) is 18.0 Å². The number of methoxy groups -OCH3 is 1. The zero-order valence-electron chi connectivity index (χ0n) is 11.4. The van der Waals surface area contributed by atoms with Crippen LogP contribution in [-0.2, 0) is 20.7 Å². The molecule has 0 radical (unpaired) electrons. The molecule has 2 aliphatic rings. The van der Waals surface area contributed by atoms with Crippen LogP contribution in [0.5, 0.6) is 0 Å². The number of anilines is 1. The fourth-order valence-corrected chi connectivity index (χ4v) is 2.82. The van der Waals surface area contributed by atoms with Crippen LogP contribution in [0.1, 0.15) is 28.8 Å². The van der Waals surface area contributed by atoms with Crippen molar-refractivity contribution in [2.75, 3.05) is 25.2 Å². The number of hydrogen-bond acceptors (Lipinski definition) is 4. The van der Waals surface area contributed by atoms with Crippen LogP contribution in [0.2, 0.25) is 0 Å². The molecule has 5 nitrogen and oxygen atoms in total. The predicted molar refractivity (Wildman–Crippen MR) is 72.8 cm³/mol. The van der Waals surface area contributed by atoms with Crippen LogP contribution in [0.25, 0.3) is 0 Å². The summed E-state index contributed by atoms with van der Waals surface area (Å²) in [5.41, 5.74) is 2.43. The lowest BCUT2D eigenvalue weighted by atomic mass is 10.1. The topological polar surface area (TPSA) is 55.8 Å². The van der Waals surface area contributed by atoms with Crippen molar-refractivity contribution in [3.63, 3.8) is 0 Å². The number of carbonyl (C=O) groups is 2. The van der Waals surface area contributed by atoms with Gasteiger partial charge in [-0.05, 0) is 43.0 Å². The molecule has 2 aliphatic heterocycles. The summed E-state index contributed by atoms with van der Waals surface area (Å²) in [5.74, 6) is -0.316. The molecule has 1 aromatic carbocycles. The molecule has 0 saturated carbocycles. The first-order chi connectivity index (χ1) is 9.70. The van der Waals surface area contributed by atoms with Gasteiger partial charge < -0.3 is 14.4 Å². The van der Waals surface area contributed by atoms with E-state index in [2.05, 4.69) is 0 Å². The Morgan fingerprint density at radius 3 is 2.95 bits per heavy atom. The summed E-state index contributed by atoms with van der Waals surface area (Å²) in [6.45, 7) is 1.32. The van der Waals surface area contributed by atoms with Crippen LogP contribution in [0.15, 0.2) is 18.2 Å². The number of benzene rings is 1. The molecule has 0 aliphatic carbocycles. The van der Waals surface area contributed by atoms with Gasteiger partial charge in [0.2, 0.25) is 0 Å². The molecule has 0 bridgehead atoms. The lowest BCUT2D eigenvalue weighted by Gasteiger charge is -2.20. The molecule has 1 atom stereocenters. The van der Waals surface area contributed by atoms with Gasteiger partial charge in [0.15, 0.2) is 0 Å². The molecule has 1 fully saturated rings. The Balaban J connectivity index is 1.83. The summed E-state index contributed by atoms with van der Waals surface area (Å²) in [4.78, 5) is 25.7. The quantitative estimate of drug-likeness (QED) is 0.768. The predicted octanol–water partition coefficient (Wildman–Crippen LogP) is 1.54. The Kier molecular flexibility index (Phi) is 3.44. The van der Waals surface area contributed by atoms with Gasteiger partial charge in [-0.3, -0.25) is 4.79 Å². The van der Waals surface area contributed by atoms with Crippen molar-refractivity contribution in [1.82, 2.24) is 0 Å². The molecule has 20 heavy (non-hydrogen) atoms. The fraction of sp³-hybridized carbons (Fsp3) is 0.467. The summed E-state index contributed by atoms with van der Waals surface area (Å²) in [5, 5.41) is 0. The lowest BCUT2D eigenvalue weighted by molar-refractivity contribution is -0.127. The molecule has 2 heterocycles. The van der Waals surface area contributed by atoms with Gasteiger partial charge in [0.25, 0.3) is 5.91 Å². The fourth-order valence-electron chi connectivity index (χ4n) is 2.82. The molecule has 0 aromatic heterocycles. The number of nitrogens with zero attached hydrogens (tertiary/aromatic N) is 1. The highest BCUT2D eigenvalue weighted by molar-refractivity contribution is 5.99. The summed E-state index contributed by atoms with van der Waals surface area (Å²) >= 11 is 0. The Hall–Kier alpha value is -1.88. The number of rotatable bonds is 2. The van der Waals surface area contributed by atoms with E-state index in [9.17, 15) is 9.59 Å². The van der Waals surface area contributed by atoms with Crippen LogP contribution in [0.4, 0.5) is 5.69 Å². The van der Waals surface area contributed by atoms with Crippen molar-refractivity contribution < 1.29 is 19.1 Å². The highest BCUT2D eigenvalue weighted by atomic mass is 16.5. The zero-order chi connectivity index (χ0) is 14.1. The normalized spacial score (nSPS) is 20.9. The monoisotopic (exact) mass is 275 g/mol. The first-order valence-electron chi connectivity index (χ1n) is 6.85. The number of ether oxygens (including phenoxy) is 2. The third-order valence-corrected chi connectivity index (χ3v) is 3.87. The molecule has 1 unspecified atom stereocenters. The summed E-state index contributed by atoms with van der Waals surface area (Å²) < 4.78 is 10.2. The first kappa shape index (κ1) is 13.1. The van der Waals surface area contributed by atoms with Crippen LogP contribution in [0.3, 0.4) is 0 Å². The summed E-state index contributed by atoms with van der Waals surface area (Å²) in [7, 11) is 1.36. The Bertz CT molecular complexity index is 549. The number of hydrogen-bond donors (Lipinski definition) is 0. The smallest absolute Gasteiger partial charge is 0.337 e. The van der Waals surface area contributed by atoms with Gasteiger partial charge in [0.05, 0.1) is 12.7 Å². The molecule has 5 heteroatoms. The van der Waals surface area contributed by atoms with Gasteiger partial charge in [-0.1, -0.05) is 0 Å². The van der Waals surface area contributed by atoms with Crippen LogP contribution < -0.4 is 4.90 Å². The molecule has 1 aromatic rings. The van der Waals surface area contributed by atoms with E-state index >= 15 is 0 Å². The second-order valence-electron chi connectivity index (χ2n) is 5.08. The van der Waals surface area contributed by atoms with Gasteiger partial charge in [0.1, 0.15) is 6.10 Å².